The second-order valence-electron chi connectivity index (χ2n) is 6.51. The summed E-state index contributed by atoms with van der Waals surface area (Å²) in [6.07, 6.45) is 0. The van der Waals surface area contributed by atoms with Gasteiger partial charge in [-0.1, -0.05) is 17.7 Å². The largest absolute Gasteiger partial charge is 0.330 e. The van der Waals surface area contributed by atoms with Gasteiger partial charge in [-0.25, -0.2) is 13.2 Å². The molecule has 1 saturated heterocycles. The molecule has 0 bridgehead atoms. The fourth-order valence-corrected chi connectivity index (χ4v) is 4.79. The van der Waals surface area contributed by atoms with Crippen LogP contribution >= 0.6 is 11.6 Å². The normalized spacial score (nSPS) is 16.6. The Kier molecular flexibility index (Phi) is 5.57. The number of hydrogen-bond donors (Lipinski definition) is 0. The van der Waals surface area contributed by atoms with Crippen molar-refractivity contribution in [1.29, 1.82) is 0 Å². The van der Waals surface area contributed by atoms with E-state index >= 15 is 0 Å². The summed E-state index contributed by atoms with van der Waals surface area (Å²) in [6, 6.07) is 7.66. The highest BCUT2D eigenvalue weighted by molar-refractivity contribution is 7.89. The van der Waals surface area contributed by atoms with Gasteiger partial charge in [0.05, 0.1) is 4.90 Å². The van der Waals surface area contributed by atoms with Crippen molar-refractivity contribution in [2.45, 2.75) is 11.4 Å². The van der Waals surface area contributed by atoms with Crippen LogP contribution in [-0.2, 0) is 30.7 Å². The molecule has 1 fully saturated rings. The number of halogens is 1. The summed E-state index contributed by atoms with van der Waals surface area (Å²) in [6.45, 7) is 2.07. The van der Waals surface area contributed by atoms with Gasteiger partial charge in [0, 0.05) is 63.6 Å². The standard InChI is InChI=1S/C17H21ClN4O4S/c1-19-14(11-16(23)20(2)17(19)24)12-21-6-8-22(9-7-21)27(25,26)15-5-3-4-13(18)10-15/h3-5,10-11H,6-9,12H2,1-2H3. The Bertz CT molecular complexity index is 1070. The smallest absolute Gasteiger partial charge is 0.299 e. The Morgan fingerprint density at radius 2 is 1.67 bits per heavy atom. The highest BCUT2D eigenvalue weighted by Gasteiger charge is 2.28. The van der Waals surface area contributed by atoms with E-state index in [0.29, 0.717) is 43.4 Å². The van der Waals surface area contributed by atoms with Crippen LogP contribution in [0.3, 0.4) is 0 Å². The lowest BCUT2D eigenvalue weighted by molar-refractivity contribution is 0.177. The third kappa shape index (κ3) is 4.01. The Hall–Kier alpha value is -1.94. The molecular formula is C17H21ClN4O4S. The maximum absolute atomic E-state index is 12.7. The number of sulfonamides is 1. The van der Waals surface area contributed by atoms with Gasteiger partial charge in [0.25, 0.3) is 5.56 Å². The maximum atomic E-state index is 12.7. The molecule has 1 aliphatic rings. The van der Waals surface area contributed by atoms with Crippen molar-refractivity contribution >= 4 is 21.6 Å². The average molecular weight is 413 g/mol. The van der Waals surface area contributed by atoms with Crippen LogP contribution in [0.5, 0.6) is 0 Å². The topological polar surface area (TPSA) is 84.6 Å². The summed E-state index contributed by atoms with van der Waals surface area (Å²) in [7, 11) is -0.534. The minimum atomic E-state index is -3.59. The second-order valence-corrected chi connectivity index (χ2v) is 8.89. The molecule has 0 N–H and O–H groups in total. The van der Waals surface area contributed by atoms with Gasteiger partial charge in [0.1, 0.15) is 0 Å². The summed E-state index contributed by atoms with van der Waals surface area (Å²) in [5.74, 6) is 0. The van der Waals surface area contributed by atoms with Crippen LogP contribution in [0.4, 0.5) is 0 Å². The van der Waals surface area contributed by atoms with Crippen LogP contribution in [0.15, 0.2) is 44.8 Å². The van der Waals surface area contributed by atoms with Gasteiger partial charge >= 0.3 is 5.69 Å². The lowest BCUT2D eigenvalue weighted by Crippen LogP contribution is -2.49. The quantitative estimate of drug-likeness (QED) is 0.718. The lowest BCUT2D eigenvalue weighted by Gasteiger charge is -2.34. The predicted octanol–water partition coefficient (Wildman–Crippen LogP) is 0.244. The van der Waals surface area contributed by atoms with Gasteiger partial charge in [-0.05, 0) is 18.2 Å². The molecule has 1 aliphatic heterocycles. The monoisotopic (exact) mass is 412 g/mol. The first-order valence-corrected chi connectivity index (χ1v) is 10.3. The molecule has 1 aromatic carbocycles. The number of nitrogens with zero attached hydrogens (tertiary/aromatic N) is 4. The number of rotatable bonds is 4. The van der Waals surface area contributed by atoms with Crippen LogP contribution in [0.1, 0.15) is 5.69 Å². The summed E-state index contributed by atoms with van der Waals surface area (Å²) in [5, 5.41) is 0.376. The molecule has 0 spiro atoms. The summed E-state index contributed by atoms with van der Waals surface area (Å²) < 4.78 is 29.4. The average Bonchev–Trinajstić information content (AvgIpc) is 2.65. The molecule has 0 amide bonds. The third-order valence-electron chi connectivity index (χ3n) is 4.78. The van der Waals surface area contributed by atoms with Crippen molar-refractivity contribution in [3.05, 3.63) is 61.9 Å². The van der Waals surface area contributed by atoms with Crippen LogP contribution in [0.2, 0.25) is 5.02 Å². The Labute approximate surface area is 162 Å². The summed E-state index contributed by atoms with van der Waals surface area (Å²) >= 11 is 5.91. The van der Waals surface area contributed by atoms with E-state index in [1.807, 2.05) is 4.90 Å². The zero-order valence-corrected chi connectivity index (χ0v) is 16.7. The first kappa shape index (κ1) is 19.8. The molecule has 0 saturated carbocycles. The molecule has 10 heteroatoms. The van der Waals surface area contributed by atoms with Crippen molar-refractivity contribution in [3.63, 3.8) is 0 Å². The molecular weight excluding hydrogens is 392 g/mol. The molecule has 0 unspecified atom stereocenters. The third-order valence-corrected chi connectivity index (χ3v) is 6.91. The summed E-state index contributed by atoms with van der Waals surface area (Å²) in [4.78, 5) is 26.1. The number of aromatic nitrogens is 2. The van der Waals surface area contributed by atoms with E-state index in [4.69, 9.17) is 11.6 Å². The molecule has 2 heterocycles. The van der Waals surface area contributed by atoms with Gasteiger partial charge < -0.3 is 0 Å². The SMILES string of the molecule is Cn1c(CN2CCN(S(=O)(=O)c3cccc(Cl)c3)CC2)cc(=O)n(C)c1=O. The van der Waals surface area contributed by atoms with Crippen LogP contribution < -0.4 is 11.2 Å². The van der Waals surface area contributed by atoms with Gasteiger partial charge in [-0.3, -0.25) is 18.8 Å². The molecule has 3 rings (SSSR count). The number of hydrogen-bond acceptors (Lipinski definition) is 5. The van der Waals surface area contributed by atoms with E-state index in [2.05, 4.69) is 0 Å². The Morgan fingerprint density at radius 3 is 2.30 bits per heavy atom. The van der Waals surface area contributed by atoms with Crippen LogP contribution in [-0.4, -0.2) is 52.9 Å². The molecule has 0 atom stereocenters. The van der Waals surface area contributed by atoms with Crippen LogP contribution in [0.25, 0.3) is 0 Å². The predicted molar refractivity (Wildman–Crippen MR) is 102 cm³/mol. The van der Waals surface area contributed by atoms with Crippen molar-refractivity contribution < 1.29 is 8.42 Å². The van der Waals surface area contributed by atoms with Gasteiger partial charge in [-0.15, -0.1) is 0 Å². The van der Waals surface area contributed by atoms with E-state index in [9.17, 15) is 18.0 Å². The minimum Gasteiger partial charge on any atom is -0.299 e. The highest BCUT2D eigenvalue weighted by atomic mass is 35.5. The summed E-state index contributed by atoms with van der Waals surface area (Å²) in [5.41, 5.74) is -0.121. The molecule has 146 valence electrons. The Morgan fingerprint density at radius 1 is 1.00 bits per heavy atom. The maximum Gasteiger partial charge on any atom is 0.330 e. The zero-order valence-electron chi connectivity index (χ0n) is 15.1. The molecule has 8 nitrogen and oxygen atoms in total. The van der Waals surface area contributed by atoms with Crippen LogP contribution in [0, 0.1) is 0 Å². The number of piperazine rings is 1. The minimum absolute atomic E-state index is 0.178. The fourth-order valence-electron chi connectivity index (χ4n) is 3.06. The molecule has 2 aromatic rings. The number of benzene rings is 1. The second kappa shape index (κ2) is 7.59. The molecule has 0 radical (unpaired) electrons. The Balaban J connectivity index is 1.71. The van der Waals surface area contributed by atoms with Crippen molar-refractivity contribution in [1.82, 2.24) is 18.3 Å². The highest BCUT2D eigenvalue weighted by Crippen LogP contribution is 2.21. The van der Waals surface area contributed by atoms with Crippen molar-refractivity contribution in [3.8, 4) is 0 Å². The van der Waals surface area contributed by atoms with Gasteiger partial charge in [0.2, 0.25) is 10.0 Å². The van der Waals surface area contributed by atoms with Gasteiger partial charge in [-0.2, -0.15) is 4.31 Å². The fraction of sp³-hybridized carbons (Fsp3) is 0.412. The van der Waals surface area contributed by atoms with E-state index in [1.54, 1.807) is 19.2 Å². The van der Waals surface area contributed by atoms with Crippen molar-refractivity contribution in [2.24, 2.45) is 14.1 Å². The zero-order chi connectivity index (χ0) is 19.8. The molecule has 27 heavy (non-hydrogen) atoms. The molecule has 1 aromatic heterocycles. The van der Waals surface area contributed by atoms with E-state index in [-0.39, 0.29) is 16.1 Å². The lowest BCUT2D eigenvalue weighted by atomic mass is 10.3. The van der Waals surface area contributed by atoms with Crippen molar-refractivity contribution in [2.75, 3.05) is 26.2 Å². The first-order valence-electron chi connectivity index (χ1n) is 8.44. The van der Waals surface area contributed by atoms with Gasteiger partial charge in [0.15, 0.2) is 0 Å². The van der Waals surface area contributed by atoms with E-state index < -0.39 is 10.0 Å². The van der Waals surface area contributed by atoms with E-state index in [1.165, 1.54) is 34.1 Å². The van der Waals surface area contributed by atoms with E-state index in [0.717, 1.165) is 4.57 Å². The first-order chi connectivity index (χ1) is 12.7. The molecule has 0 aliphatic carbocycles.